The van der Waals surface area contributed by atoms with Crippen molar-refractivity contribution in [2.45, 2.75) is 79.1 Å². The van der Waals surface area contributed by atoms with Crippen molar-refractivity contribution < 1.29 is 9.59 Å². The van der Waals surface area contributed by atoms with E-state index < -0.39 is 11.8 Å². The van der Waals surface area contributed by atoms with Gasteiger partial charge in [0.05, 0.1) is 0 Å². The second kappa shape index (κ2) is 23.9. The molecule has 0 fully saturated rings. The average molecular weight is 569 g/mol. The van der Waals surface area contributed by atoms with Gasteiger partial charge in [-0.15, -0.1) is 0 Å². The lowest BCUT2D eigenvalue weighted by molar-refractivity contribution is -0.141. The molecular formula is C18H36N2O2S8. The Bertz CT molecular complexity index is 373. The molecule has 0 aliphatic carbocycles. The molecule has 0 rings (SSSR count). The zero-order valence-electron chi connectivity index (χ0n) is 18.5. The van der Waals surface area contributed by atoms with E-state index in [2.05, 4.69) is 27.7 Å². The minimum Gasteiger partial charge on any atom is -0.261 e. The van der Waals surface area contributed by atoms with Crippen LogP contribution >= 0.6 is 87.1 Å². The molecule has 0 aliphatic heterocycles. The lowest BCUT2D eigenvalue weighted by atomic mass is 10.4. The Labute approximate surface area is 216 Å². The summed E-state index contributed by atoms with van der Waals surface area (Å²) in [6.45, 7) is 8.63. The second-order valence-electron chi connectivity index (χ2n) is 6.12. The van der Waals surface area contributed by atoms with Gasteiger partial charge < -0.3 is 0 Å². The molecule has 0 aliphatic rings. The molecule has 2 amide bonds. The predicted octanol–water partition coefficient (Wildman–Crippen LogP) is 9.03. The zero-order chi connectivity index (χ0) is 22.5. The largest absolute Gasteiger partial charge is 0.335 e. The first-order valence-corrected chi connectivity index (χ1v) is 19.6. The summed E-state index contributed by atoms with van der Waals surface area (Å²) < 4.78 is 3.15. The molecule has 12 heteroatoms. The van der Waals surface area contributed by atoms with Gasteiger partial charge in [-0.1, -0.05) is 96.6 Å². The summed E-state index contributed by atoms with van der Waals surface area (Å²) in [5.74, 6) is 3.03. The van der Waals surface area contributed by atoms with Crippen LogP contribution in [0.5, 0.6) is 0 Å². The highest BCUT2D eigenvalue weighted by Crippen LogP contribution is 2.43. The van der Waals surface area contributed by atoms with Crippen molar-refractivity contribution in [2.75, 3.05) is 23.0 Å². The molecule has 0 atom stereocenters. The van der Waals surface area contributed by atoms with Crippen molar-refractivity contribution in [3.8, 4) is 0 Å². The van der Waals surface area contributed by atoms with Crippen molar-refractivity contribution in [1.82, 2.24) is 7.42 Å². The lowest BCUT2D eigenvalue weighted by Gasteiger charge is -2.22. The van der Waals surface area contributed by atoms with E-state index in [0.717, 1.165) is 74.4 Å². The smallest absolute Gasteiger partial charge is 0.261 e. The lowest BCUT2D eigenvalue weighted by Crippen LogP contribution is -2.32. The number of hydrogen-bond acceptors (Lipinski definition) is 10. The van der Waals surface area contributed by atoms with Crippen molar-refractivity contribution in [3.05, 3.63) is 0 Å². The van der Waals surface area contributed by atoms with Crippen LogP contribution in [0.3, 0.4) is 0 Å². The van der Waals surface area contributed by atoms with Crippen molar-refractivity contribution in [1.29, 1.82) is 0 Å². The van der Waals surface area contributed by atoms with Gasteiger partial charge in [0.15, 0.2) is 0 Å². The number of carbonyl (C=O) groups is 2. The molecule has 178 valence electrons. The highest BCUT2D eigenvalue weighted by atomic mass is 33.2. The van der Waals surface area contributed by atoms with Crippen LogP contribution in [-0.2, 0) is 9.59 Å². The van der Waals surface area contributed by atoms with Gasteiger partial charge in [0, 0.05) is 66.9 Å². The van der Waals surface area contributed by atoms with Gasteiger partial charge in [0.1, 0.15) is 0 Å². The first-order chi connectivity index (χ1) is 14.6. The highest BCUT2D eigenvalue weighted by Gasteiger charge is 2.30. The predicted molar refractivity (Wildman–Crippen MR) is 154 cm³/mol. The average Bonchev–Trinajstić information content (AvgIpc) is 2.76. The zero-order valence-corrected chi connectivity index (χ0v) is 25.0. The van der Waals surface area contributed by atoms with E-state index >= 15 is 0 Å². The third kappa shape index (κ3) is 17.2. The number of rotatable bonds is 20. The van der Waals surface area contributed by atoms with Gasteiger partial charge >= 0.3 is 11.8 Å². The van der Waals surface area contributed by atoms with E-state index in [1.54, 1.807) is 50.6 Å². The van der Waals surface area contributed by atoms with E-state index in [1.807, 2.05) is 0 Å². The summed E-state index contributed by atoms with van der Waals surface area (Å²) in [4.78, 5) is 26.0. The molecule has 0 unspecified atom stereocenters. The molecule has 0 aromatic heterocycles. The van der Waals surface area contributed by atoms with Crippen LogP contribution in [-0.4, -0.2) is 42.2 Å². The molecule has 0 N–H and O–H groups in total. The molecule has 0 heterocycles. The minimum absolute atomic E-state index is 0.440. The Morgan fingerprint density at radius 1 is 0.500 bits per heavy atom. The fourth-order valence-corrected chi connectivity index (χ4v) is 12.2. The standard InChI is InChI=1S/C18H36N2O2S8/c1-5-9-13-23-27-19(28-24-14-10-6-2)17(21)18(22)20(29-25-15-11-7-3)30-26-16-12-8-4/h5-16H2,1-4H3. The molecular weight excluding hydrogens is 533 g/mol. The topological polar surface area (TPSA) is 40.6 Å². The third-order valence-electron chi connectivity index (χ3n) is 3.32. The fourth-order valence-electron chi connectivity index (χ4n) is 1.47. The van der Waals surface area contributed by atoms with E-state index in [4.69, 9.17) is 0 Å². The Kier molecular flexibility index (Phi) is 25.3. The van der Waals surface area contributed by atoms with E-state index in [9.17, 15) is 9.59 Å². The highest BCUT2D eigenvalue weighted by molar-refractivity contribution is 8.84. The molecule has 0 bridgehead atoms. The SMILES string of the molecule is CCCCSSN(SSCCCC)C(=O)C(=O)N(SSCCCC)SSCCCC. The first-order valence-electron chi connectivity index (χ1n) is 10.5. The molecule has 0 radical (unpaired) electrons. The molecule has 0 spiro atoms. The quantitative estimate of drug-likeness (QED) is 0.0614. The molecule has 0 aromatic carbocycles. The normalized spacial score (nSPS) is 10.9. The molecule has 4 nitrogen and oxygen atoms in total. The van der Waals surface area contributed by atoms with Crippen molar-refractivity contribution >= 4 is 98.9 Å². The molecule has 0 saturated carbocycles. The summed E-state index contributed by atoms with van der Waals surface area (Å²) in [7, 11) is 12.2. The Morgan fingerprint density at radius 2 is 0.733 bits per heavy atom. The van der Waals surface area contributed by atoms with Crippen LogP contribution in [0.25, 0.3) is 0 Å². The van der Waals surface area contributed by atoms with E-state index in [-0.39, 0.29) is 0 Å². The van der Waals surface area contributed by atoms with Gasteiger partial charge in [0.25, 0.3) is 0 Å². The number of hydrogen-bond donors (Lipinski definition) is 0. The Balaban J connectivity index is 4.89. The summed E-state index contributed by atoms with van der Waals surface area (Å²) in [6, 6.07) is 0. The van der Waals surface area contributed by atoms with Gasteiger partial charge in [-0.3, -0.25) is 9.59 Å². The fraction of sp³-hybridized carbons (Fsp3) is 0.889. The van der Waals surface area contributed by atoms with Crippen LogP contribution < -0.4 is 0 Å². The number of carbonyl (C=O) groups excluding carboxylic acids is 2. The second-order valence-corrected chi connectivity index (χ2v) is 15.8. The van der Waals surface area contributed by atoms with Crippen LogP contribution in [0.15, 0.2) is 0 Å². The maximum atomic E-state index is 13.0. The van der Waals surface area contributed by atoms with E-state index in [0.29, 0.717) is 0 Å². The van der Waals surface area contributed by atoms with Crippen LogP contribution in [0.2, 0.25) is 0 Å². The minimum atomic E-state index is -0.440. The van der Waals surface area contributed by atoms with Crippen molar-refractivity contribution in [3.63, 3.8) is 0 Å². The van der Waals surface area contributed by atoms with Gasteiger partial charge in [-0.05, 0) is 25.7 Å². The maximum absolute atomic E-state index is 13.0. The Morgan fingerprint density at radius 3 is 0.933 bits per heavy atom. The van der Waals surface area contributed by atoms with Gasteiger partial charge in [-0.2, -0.15) is 7.42 Å². The summed E-state index contributed by atoms with van der Waals surface area (Å²) in [5.41, 5.74) is 0. The molecule has 0 saturated heterocycles. The van der Waals surface area contributed by atoms with Gasteiger partial charge in [0.2, 0.25) is 0 Å². The summed E-state index contributed by atoms with van der Waals surface area (Å²) in [6.07, 6.45) is 8.96. The van der Waals surface area contributed by atoms with E-state index in [1.165, 1.54) is 43.9 Å². The van der Waals surface area contributed by atoms with Crippen molar-refractivity contribution in [2.24, 2.45) is 0 Å². The number of nitrogens with zero attached hydrogens (tertiary/aromatic N) is 2. The monoisotopic (exact) mass is 568 g/mol. The van der Waals surface area contributed by atoms with Crippen LogP contribution in [0, 0.1) is 0 Å². The van der Waals surface area contributed by atoms with Crippen LogP contribution in [0.1, 0.15) is 79.1 Å². The molecule has 30 heavy (non-hydrogen) atoms. The van der Waals surface area contributed by atoms with Crippen LogP contribution in [0.4, 0.5) is 0 Å². The Hall–Kier alpha value is 1.74. The first kappa shape index (κ1) is 31.7. The molecule has 0 aromatic rings. The maximum Gasteiger partial charge on any atom is 0.335 e. The van der Waals surface area contributed by atoms with Gasteiger partial charge in [-0.25, -0.2) is 0 Å². The number of unbranched alkanes of at least 4 members (excludes halogenated alkanes) is 4. The number of amides is 2. The summed E-state index contributed by atoms with van der Waals surface area (Å²) >= 11 is 0. The third-order valence-corrected chi connectivity index (χ3v) is 13.8. The summed E-state index contributed by atoms with van der Waals surface area (Å²) in [5, 5.41) is 0.